The topological polar surface area (TPSA) is 24.1 Å². The van der Waals surface area contributed by atoms with Crippen LogP contribution in [0.25, 0.3) is 17.2 Å². The van der Waals surface area contributed by atoms with Gasteiger partial charge in [-0.3, -0.25) is 0 Å². The molecule has 1 atom stereocenters. The summed E-state index contributed by atoms with van der Waals surface area (Å²) in [7, 11) is 0. The van der Waals surface area contributed by atoms with Crippen LogP contribution in [-0.2, 0) is 25.8 Å². The van der Waals surface area contributed by atoms with Crippen LogP contribution in [0.5, 0.6) is 0 Å². The number of rotatable bonds is 18. The van der Waals surface area contributed by atoms with Crippen molar-refractivity contribution in [3.05, 3.63) is 112 Å². The molecule has 0 radical (unpaired) electrons. The molecule has 0 fully saturated rings. The number of benzene rings is 3. The van der Waals surface area contributed by atoms with Crippen molar-refractivity contribution in [1.82, 2.24) is 10.6 Å². The van der Waals surface area contributed by atoms with Crippen LogP contribution in [0.4, 0.5) is 0 Å². The minimum Gasteiger partial charge on any atom is -0.312 e. The zero-order valence-electron chi connectivity index (χ0n) is 29.3. The molecule has 0 heterocycles. The van der Waals surface area contributed by atoms with E-state index in [0.717, 1.165) is 51.6 Å². The molecular formula is C42H60N2. The molecule has 1 unspecified atom stereocenters. The smallest absolute Gasteiger partial charge is 0.0216 e. The summed E-state index contributed by atoms with van der Waals surface area (Å²) in [5, 5.41) is 7.49. The van der Waals surface area contributed by atoms with Crippen LogP contribution >= 0.6 is 0 Å². The second kappa shape index (κ2) is 16.4. The van der Waals surface area contributed by atoms with E-state index in [2.05, 4.69) is 128 Å². The molecule has 3 aromatic carbocycles. The van der Waals surface area contributed by atoms with Crippen LogP contribution < -0.4 is 10.6 Å². The molecule has 0 saturated carbocycles. The standard InChI is InChI=1S/C42H60N2/c1-11-26-42(10,14-4)44-30-38-28-31(5)37(29-34(38)12-2)25-24-36-21-18-23-40(33(36)7)39-22-17-20-35(32(39)6)19-15-16-27-43-41(8,9)13-3/h11-12,17-18,20-23,28-29,43-44H,1-2,13-16,19,24-27,30H2,3-10H3. The Morgan fingerprint density at radius 3 is 1.89 bits per heavy atom. The Labute approximate surface area is 270 Å². The molecule has 44 heavy (non-hydrogen) atoms. The lowest BCUT2D eigenvalue weighted by molar-refractivity contribution is 0.344. The number of nitrogens with one attached hydrogen (secondary N) is 2. The third kappa shape index (κ3) is 9.53. The first-order valence-corrected chi connectivity index (χ1v) is 17.0. The highest BCUT2D eigenvalue weighted by atomic mass is 15.0. The van der Waals surface area contributed by atoms with E-state index in [1.165, 1.54) is 68.5 Å². The largest absolute Gasteiger partial charge is 0.312 e. The van der Waals surface area contributed by atoms with Crippen molar-refractivity contribution < 1.29 is 0 Å². The average Bonchev–Trinajstić information content (AvgIpc) is 3.01. The first kappa shape index (κ1) is 35.5. The molecule has 0 aromatic heterocycles. The van der Waals surface area contributed by atoms with Gasteiger partial charge in [0, 0.05) is 17.6 Å². The molecule has 0 aliphatic carbocycles. The Morgan fingerprint density at radius 1 is 0.705 bits per heavy atom. The monoisotopic (exact) mass is 592 g/mol. The van der Waals surface area contributed by atoms with E-state index < -0.39 is 0 Å². The zero-order valence-corrected chi connectivity index (χ0v) is 29.3. The highest BCUT2D eigenvalue weighted by molar-refractivity contribution is 5.72. The fourth-order valence-corrected chi connectivity index (χ4v) is 6.17. The van der Waals surface area contributed by atoms with Crippen molar-refractivity contribution >= 4 is 6.08 Å². The van der Waals surface area contributed by atoms with Crippen LogP contribution in [0.2, 0.25) is 0 Å². The van der Waals surface area contributed by atoms with E-state index in [1.54, 1.807) is 0 Å². The van der Waals surface area contributed by atoms with Gasteiger partial charge in [-0.1, -0.05) is 81.1 Å². The van der Waals surface area contributed by atoms with Crippen molar-refractivity contribution in [3.63, 3.8) is 0 Å². The summed E-state index contributed by atoms with van der Waals surface area (Å²) in [6, 6.07) is 18.5. The summed E-state index contributed by atoms with van der Waals surface area (Å²) in [5.41, 5.74) is 14.1. The maximum absolute atomic E-state index is 4.15. The van der Waals surface area contributed by atoms with Gasteiger partial charge in [0.25, 0.3) is 0 Å². The molecule has 3 aromatic rings. The Hall–Kier alpha value is -2.94. The molecule has 2 nitrogen and oxygen atoms in total. The van der Waals surface area contributed by atoms with Gasteiger partial charge in [0.2, 0.25) is 0 Å². The highest BCUT2D eigenvalue weighted by Gasteiger charge is 2.20. The van der Waals surface area contributed by atoms with Gasteiger partial charge in [-0.25, -0.2) is 0 Å². The fraction of sp³-hybridized carbons (Fsp3) is 0.476. The quantitative estimate of drug-likeness (QED) is 0.113. The summed E-state index contributed by atoms with van der Waals surface area (Å²) in [5.74, 6) is 0. The molecule has 0 amide bonds. The molecule has 2 heteroatoms. The summed E-state index contributed by atoms with van der Waals surface area (Å²) in [4.78, 5) is 0. The summed E-state index contributed by atoms with van der Waals surface area (Å²) in [6.45, 7) is 28.3. The van der Waals surface area contributed by atoms with Crippen molar-refractivity contribution in [1.29, 1.82) is 0 Å². The van der Waals surface area contributed by atoms with Gasteiger partial charge in [-0.2, -0.15) is 0 Å². The van der Waals surface area contributed by atoms with Crippen LogP contribution in [0, 0.1) is 20.8 Å². The predicted octanol–water partition coefficient (Wildman–Crippen LogP) is 10.6. The third-order valence-electron chi connectivity index (χ3n) is 10.1. The van der Waals surface area contributed by atoms with Crippen LogP contribution in [0.3, 0.4) is 0 Å². The van der Waals surface area contributed by atoms with E-state index in [1.807, 2.05) is 12.2 Å². The maximum Gasteiger partial charge on any atom is 0.0216 e. The lowest BCUT2D eigenvalue weighted by atomic mass is 9.88. The second-order valence-corrected chi connectivity index (χ2v) is 13.7. The normalized spacial score (nSPS) is 13.1. The summed E-state index contributed by atoms with van der Waals surface area (Å²) < 4.78 is 0. The number of unbranched alkanes of at least 4 members (excludes halogenated alkanes) is 1. The molecule has 3 rings (SSSR count). The van der Waals surface area contributed by atoms with Gasteiger partial charge in [-0.05, 0) is 155 Å². The lowest BCUT2D eigenvalue weighted by Crippen LogP contribution is -2.40. The number of hydrogen-bond acceptors (Lipinski definition) is 2. The van der Waals surface area contributed by atoms with Gasteiger partial charge in [0.15, 0.2) is 0 Å². The van der Waals surface area contributed by atoms with Crippen LogP contribution in [0.1, 0.15) is 111 Å². The lowest BCUT2D eigenvalue weighted by Gasteiger charge is -2.29. The number of aryl methyl sites for hydroxylation is 4. The number of hydrogen-bond donors (Lipinski definition) is 2. The maximum atomic E-state index is 4.15. The van der Waals surface area contributed by atoms with Gasteiger partial charge < -0.3 is 10.6 Å². The molecule has 0 aliphatic heterocycles. The van der Waals surface area contributed by atoms with Crippen molar-refractivity contribution in [2.24, 2.45) is 0 Å². The van der Waals surface area contributed by atoms with Crippen molar-refractivity contribution in [2.45, 2.75) is 124 Å². The second-order valence-electron chi connectivity index (χ2n) is 13.7. The SMILES string of the molecule is C=CCC(C)(CC)NCc1cc(C)c(CCc2cccc(-c3cccc(CCCCNC(C)(C)CC)c3C)c2C)cc1C=C. The predicted molar refractivity (Wildman–Crippen MR) is 196 cm³/mol. The fourth-order valence-electron chi connectivity index (χ4n) is 6.17. The molecular weight excluding hydrogens is 532 g/mol. The molecule has 0 spiro atoms. The van der Waals surface area contributed by atoms with E-state index in [0.29, 0.717) is 0 Å². The van der Waals surface area contributed by atoms with Gasteiger partial charge in [-0.15, -0.1) is 6.58 Å². The van der Waals surface area contributed by atoms with Crippen molar-refractivity contribution in [3.8, 4) is 11.1 Å². The molecule has 2 N–H and O–H groups in total. The van der Waals surface area contributed by atoms with E-state index in [4.69, 9.17) is 0 Å². The average molecular weight is 593 g/mol. The van der Waals surface area contributed by atoms with Gasteiger partial charge in [0.1, 0.15) is 0 Å². The Balaban J connectivity index is 1.72. The van der Waals surface area contributed by atoms with Gasteiger partial charge >= 0.3 is 0 Å². The Bertz CT molecular complexity index is 1400. The molecule has 0 saturated heterocycles. The first-order chi connectivity index (χ1) is 21.0. The summed E-state index contributed by atoms with van der Waals surface area (Å²) >= 11 is 0. The minimum atomic E-state index is 0.0658. The Kier molecular flexibility index (Phi) is 13.2. The first-order valence-electron chi connectivity index (χ1n) is 17.0. The van der Waals surface area contributed by atoms with E-state index >= 15 is 0 Å². The molecule has 238 valence electrons. The third-order valence-corrected chi connectivity index (χ3v) is 10.1. The van der Waals surface area contributed by atoms with Crippen molar-refractivity contribution in [2.75, 3.05) is 6.54 Å². The highest BCUT2D eigenvalue weighted by Crippen LogP contribution is 2.32. The van der Waals surface area contributed by atoms with E-state index in [9.17, 15) is 0 Å². The van der Waals surface area contributed by atoms with E-state index in [-0.39, 0.29) is 11.1 Å². The Morgan fingerprint density at radius 2 is 1.32 bits per heavy atom. The van der Waals surface area contributed by atoms with Crippen LogP contribution in [-0.4, -0.2) is 17.6 Å². The zero-order chi connectivity index (χ0) is 32.3. The van der Waals surface area contributed by atoms with Gasteiger partial charge in [0.05, 0.1) is 0 Å². The minimum absolute atomic E-state index is 0.0658. The molecule has 0 bridgehead atoms. The summed E-state index contributed by atoms with van der Waals surface area (Å²) in [6.07, 6.45) is 12.8. The van der Waals surface area contributed by atoms with Crippen LogP contribution in [0.15, 0.2) is 67.8 Å². The molecule has 0 aliphatic rings.